The smallest absolute Gasteiger partial charge is 0.550 e. The van der Waals surface area contributed by atoms with E-state index in [1.165, 1.54) is 103 Å². The number of carbonyl (C=O) groups excluding carboxylic acids is 2. The number of unbranched alkanes of at least 4 members (excludes halogenated alkanes) is 18. The van der Waals surface area contributed by atoms with Crippen LogP contribution in [0, 0.1) is 0 Å². The fourth-order valence-corrected chi connectivity index (χ4v) is 3.53. The van der Waals surface area contributed by atoms with E-state index >= 15 is 0 Å². The number of carbonyl (C=O) groups is 4. The van der Waals surface area contributed by atoms with Crippen molar-refractivity contribution in [1.29, 1.82) is 0 Å². The predicted octanol–water partition coefficient (Wildman–Crippen LogP) is 5.90. The van der Waals surface area contributed by atoms with Gasteiger partial charge in [0, 0.05) is 24.8 Å². The summed E-state index contributed by atoms with van der Waals surface area (Å²) < 4.78 is 0. The van der Waals surface area contributed by atoms with Crippen molar-refractivity contribution in [2.24, 2.45) is 0 Å². The first kappa shape index (κ1) is 47.9. The van der Waals surface area contributed by atoms with Crippen LogP contribution in [0.5, 0.6) is 0 Å². The topological polar surface area (TPSA) is 155 Å². The minimum absolute atomic E-state index is 0. The van der Waals surface area contributed by atoms with E-state index in [9.17, 15) is 9.59 Å². The van der Waals surface area contributed by atoms with E-state index in [4.69, 9.17) is 30.0 Å². The number of hydrogen-bond acceptors (Lipinski definition) is 6. The normalized spacial score (nSPS) is 9.33. The number of carboxylic acids is 4. The van der Waals surface area contributed by atoms with E-state index in [2.05, 4.69) is 13.8 Å². The fraction of sp³-hybridized carbons (Fsp3) is 0.867. The summed E-state index contributed by atoms with van der Waals surface area (Å²) in [4.78, 5) is 38.1. The van der Waals surface area contributed by atoms with E-state index in [-0.39, 0.29) is 37.7 Å². The Bertz CT molecular complexity index is 507. The molecule has 39 heavy (non-hydrogen) atoms. The third-order valence-corrected chi connectivity index (χ3v) is 5.49. The molecule has 0 amide bonds. The minimum atomic E-state index is -1.08. The molecule has 0 aliphatic heterocycles. The summed E-state index contributed by atoms with van der Waals surface area (Å²) in [5, 5.41) is 34.6. The molecule has 8 nitrogen and oxygen atoms in total. The van der Waals surface area contributed by atoms with E-state index in [1.54, 1.807) is 0 Å². The van der Waals surface area contributed by atoms with Crippen LogP contribution in [-0.2, 0) is 19.2 Å². The number of hydrogen-bond donors (Lipinski definition) is 2. The molecule has 0 radical (unpaired) electrons. The maximum atomic E-state index is 10.3. The van der Waals surface area contributed by atoms with Crippen molar-refractivity contribution in [3.8, 4) is 0 Å². The summed E-state index contributed by atoms with van der Waals surface area (Å²) in [6.45, 7) is 6.36. The maximum Gasteiger partial charge on any atom is 2.00 e. The Morgan fingerprint density at radius 1 is 0.436 bits per heavy atom. The van der Waals surface area contributed by atoms with E-state index in [0.717, 1.165) is 39.5 Å². The van der Waals surface area contributed by atoms with Gasteiger partial charge in [-0.2, -0.15) is 0 Å². The monoisotopic (exact) mass is 586 g/mol. The summed E-state index contributed by atoms with van der Waals surface area (Å²) in [5.74, 6) is -3.49. The molecule has 2 N–H and O–H groups in total. The van der Waals surface area contributed by atoms with Crippen LogP contribution in [0.1, 0.15) is 169 Å². The number of aliphatic carboxylic acids is 4. The number of rotatable bonds is 22. The summed E-state index contributed by atoms with van der Waals surface area (Å²) in [5.41, 5.74) is 0. The molecule has 228 valence electrons. The van der Waals surface area contributed by atoms with Crippen molar-refractivity contribution in [3.63, 3.8) is 0 Å². The van der Waals surface area contributed by atoms with Crippen molar-refractivity contribution in [1.82, 2.24) is 0 Å². The van der Waals surface area contributed by atoms with Gasteiger partial charge in [-0.05, 0) is 26.7 Å². The van der Waals surface area contributed by atoms with Crippen LogP contribution < -0.4 is 10.2 Å². The van der Waals surface area contributed by atoms with Gasteiger partial charge in [0.15, 0.2) is 0 Å². The van der Waals surface area contributed by atoms with Crippen LogP contribution in [0.2, 0.25) is 0 Å². The van der Waals surface area contributed by atoms with Gasteiger partial charge in [-0.1, -0.05) is 129 Å². The largest absolute Gasteiger partial charge is 2.00 e. The molecule has 0 aliphatic rings. The van der Waals surface area contributed by atoms with Crippen molar-refractivity contribution in [2.45, 2.75) is 169 Å². The second-order valence-corrected chi connectivity index (χ2v) is 9.63. The Labute approximate surface area is 268 Å². The van der Waals surface area contributed by atoms with Crippen LogP contribution in [-0.4, -0.2) is 71.8 Å². The average Bonchev–Trinajstić information content (AvgIpc) is 2.81. The molecule has 0 bridgehead atoms. The SMILES string of the molecule is CC(=O)[O-].CC(=O)[O-].CCCCCCCC(=O)O.CCCCCCCCCCCCCCCCCC(=O)O.[Ca+2]. The van der Waals surface area contributed by atoms with Crippen LogP contribution >= 0.6 is 0 Å². The molecule has 0 aromatic carbocycles. The quantitative estimate of drug-likeness (QED) is 0.117. The minimum Gasteiger partial charge on any atom is -0.550 e. The zero-order chi connectivity index (χ0) is 29.9. The molecular weight excluding hydrogens is 528 g/mol. The summed E-state index contributed by atoms with van der Waals surface area (Å²) in [7, 11) is 0. The van der Waals surface area contributed by atoms with Gasteiger partial charge in [0.25, 0.3) is 0 Å². The Kier molecular flexibility index (Phi) is 54.3. The van der Waals surface area contributed by atoms with Crippen LogP contribution in [0.25, 0.3) is 0 Å². The number of carboxylic acid groups (broad SMARTS) is 4. The van der Waals surface area contributed by atoms with Crippen molar-refractivity contribution in [3.05, 3.63) is 0 Å². The van der Waals surface area contributed by atoms with Gasteiger partial charge >= 0.3 is 49.7 Å². The fourth-order valence-electron chi connectivity index (χ4n) is 3.53. The molecular formula is C30H58CaO8. The van der Waals surface area contributed by atoms with Crippen LogP contribution in [0.4, 0.5) is 0 Å². The molecule has 0 aliphatic carbocycles. The average molecular weight is 587 g/mol. The molecule has 0 aromatic rings. The predicted molar refractivity (Wildman–Crippen MR) is 155 cm³/mol. The van der Waals surface area contributed by atoms with Crippen molar-refractivity contribution in [2.75, 3.05) is 0 Å². The zero-order valence-corrected chi connectivity index (χ0v) is 27.8. The summed E-state index contributed by atoms with van der Waals surface area (Å²) >= 11 is 0. The first-order chi connectivity index (χ1) is 18.0. The van der Waals surface area contributed by atoms with Gasteiger partial charge in [0.2, 0.25) is 0 Å². The van der Waals surface area contributed by atoms with Crippen molar-refractivity contribution < 1.29 is 39.6 Å². The molecule has 9 heteroatoms. The standard InChI is InChI=1S/C18H36O2.C8H16O2.2C2H4O2.Ca/c1-2-3-4-5-6-7-8-9-10-11-12-13-14-15-16-17-18(19)20;1-2-3-4-5-6-7-8(9)10;2*1-2(3)4;/h2-17H2,1H3,(H,19,20);2-7H2,1H3,(H,9,10);2*1H3,(H,3,4);/q;;;;+2/p-2. The van der Waals surface area contributed by atoms with E-state index < -0.39 is 23.9 Å². The molecule has 0 spiro atoms. The van der Waals surface area contributed by atoms with Gasteiger partial charge in [-0.3, -0.25) is 9.59 Å². The first-order valence-corrected chi connectivity index (χ1v) is 14.8. The van der Waals surface area contributed by atoms with E-state index in [0.29, 0.717) is 12.8 Å². The zero-order valence-electron chi connectivity index (χ0n) is 25.6. The summed E-state index contributed by atoms with van der Waals surface area (Å²) in [6, 6.07) is 0. The molecule has 0 heterocycles. The Hall–Kier alpha value is -0.860. The first-order valence-electron chi connectivity index (χ1n) is 14.8. The van der Waals surface area contributed by atoms with Crippen LogP contribution in [0.15, 0.2) is 0 Å². The maximum absolute atomic E-state index is 10.3. The third-order valence-electron chi connectivity index (χ3n) is 5.49. The Balaban J connectivity index is -0.000000168. The van der Waals surface area contributed by atoms with Gasteiger partial charge in [-0.25, -0.2) is 0 Å². The van der Waals surface area contributed by atoms with Gasteiger partial charge < -0.3 is 30.0 Å². The molecule has 0 rings (SSSR count). The second-order valence-electron chi connectivity index (χ2n) is 9.63. The van der Waals surface area contributed by atoms with Crippen molar-refractivity contribution >= 4 is 61.6 Å². The Morgan fingerprint density at radius 2 is 0.590 bits per heavy atom. The second kappa shape index (κ2) is 44.2. The molecule has 0 aromatic heterocycles. The Morgan fingerprint density at radius 3 is 0.744 bits per heavy atom. The molecule has 0 saturated carbocycles. The van der Waals surface area contributed by atoms with Crippen LogP contribution in [0.3, 0.4) is 0 Å². The van der Waals surface area contributed by atoms with Gasteiger partial charge in [0.05, 0.1) is 0 Å². The third kappa shape index (κ3) is 85.6. The molecule has 0 atom stereocenters. The molecule has 0 unspecified atom stereocenters. The van der Waals surface area contributed by atoms with Gasteiger partial charge in [0.1, 0.15) is 0 Å². The summed E-state index contributed by atoms with van der Waals surface area (Å²) in [6.07, 6.45) is 26.1. The van der Waals surface area contributed by atoms with Gasteiger partial charge in [-0.15, -0.1) is 0 Å². The van der Waals surface area contributed by atoms with E-state index in [1.807, 2.05) is 0 Å². The molecule has 0 saturated heterocycles. The molecule has 0 fully saturated rings.